The first-order chi connectivity index (χ1) is 10.6. The molecular formula is C17H29NO5. The SMILES string of the molecule is CCOC(=O)/C=C\CC[C@@H]1COC(C)(C)N1C(=O)OC(C)(C)C. The van der Waals surface area contributed by atoms with Crippen molar-refractivity contribution in [3.8, 4) is 0 Å². The number of nitrogens with zero attached hydrogens (tertiary/aromatic N) is 1. The Labute approximate surface area is 138 Å². The maximum atomic E-state index is 12.4. The van der Waals surface area contributed by atoms with Crippen molar-refractivity contribution in [3.05, 3.63) is 12.2 Å². The van der Waals surface area contributed by atoms with Crippen molar-refractivity contribution in [3.63, 3.8) is 0 Å². The van der Waals surface area contributed by atoms with Gasteiger partial charge < -0.3 is 14.2 Å². The molecule has 132 valence electrons. The summed E-state index contributed by atoms with van der Waals surface area (Å²) in [6.45, 7) is 11.8. The third-order valence-corrected chi connectivity index (χ3v) is 3.37. The Morgan fingerprint density at radius 1 is 1.35 bits per heavy atom. The first-order valence-corrected chi connectivity index (χ1v) is 8.06. The predicted octanol–water partition coefficient (Wildman–Crippen LogP) is 3.26. The maximum absolute atomic E-state index is 12.4. The van der Waals surface area contributed by atoms with Gasteiger partial charge in [-0.25, -0.2) is 9.59 Å². The molecule has 1 aliphatic heterocycles. The van der Waals surface area contributed by atoms with Gasteiger partial charge in [0.25, 0.3) is 0 Å². The number of hydrogen-bond donors (Lipinski definition) is 0. The van der Waals surface area contributed by atoms with E-state index in [-0.39, 0.29) is 18.1 Å². The Hall–Kier alpha value is -1.56. The Morgan fingerprint density at radius 2 is 2.00 bits per heavy atom. The number of esters is 1. The highest BCUT2D eigenvalue weighted by Crippen LogP contribution is 2.31. The molecule has 23 heavy (non-hydrogen) atoms. The molecule has 0 N–H and O–H groups in total. The smallest absolute Gasteiger partial charge is 0.412 e. The number of allylic oxidation sites excluding steroid dienone is 1. The summed E-state index contributed by atoms with van der Waals surface area (Å²) in [6.07, 6.45) is 4.15. The zero-order chi connectivity index (χ0) is 17.7. The van der Waals surface area contributed by atoms with E-state index in [0.717, 1.165) is 0 Å². The molecule has 0 aromatic rings. The van der Waals surface area contributed by atoms with E-state index in [9.17, 15) is 9.59 Å². The maximum Gasteiger partial charge on any atom is 0.412 e. The van der Waals surface area contributed by atoms with Gasteiger partial charge in [0.1, 0.15) is 11.3 Å². The van der Waals surface area contributed by atoms with Gasteiger partial charge in [0.15, 0.2) is 0 Å². The minimum Gasteiger partial charge on any atom is -0.463 e. The zero-order valence-corrected chi connectivity index (χ0v) is 15.0. The van der Waals surface area contributed by atoms with Crippen LogP contribution in [0.2, 0.25) is 0 Å². The second kappa shape index (κ2) is 7.81. The molecule has 1 atom stereocenters. The summed E-state index contributed by atoms with van der Waals surface area (Å²) in [4.78, 5) is 25.3. The fraction of sp³-hybridized carbons (Fsp3) is 0.765. The first-order valence-electron chi connectivity index (χ1n) is 8.06. The monoisotopic (exact) mass is 327 g/mol. The van der Waals surface area contributed by atoms with Crippen molar-refractivity contribution < 1.29 is 23.8 Å². The van der Waals surface area contributed by atoms with E-state index in [4.69, 9.17) is 14.2 Å². The molecule has 0 aromatic carbocycles. The second-order valence-corrected chi connectivity index (χ2v) is 6.99. The first kappa shape index (κ1) is 19.5. The highest BCUT2D eigenvalue weighted by Gasteiger charge is 2.45. The lowest BCUT2D eigenvalue weighted by Gasteiger charge is -2.35. The van der Waals surface area contributed by atoms with E-state index in [1.807, 2.05) is 34.6 Å². The van der Waals surface area contributed by atoms with Crippen molar-refractivity contribution in [1.82, 2.24) is 4.90 Å². The molecule has 0 aromatic heterocycles. The average Bonchev–Trinajstić information content (AvgIpc) is 2.68. The van der Waals surface area contributed by atoms with E-state index in [0.29, 0.717) is 26.1 Å². The van der Waals surface area contributed by atoms with Crippen molar-refractivity contribution in [2.24, 2.45) is 0 Å². The minimum atomic E-state index is -0.697. The van der Waals surface area contributed by atoms with Crippen LogP contribution in [0.5, 0.6) is 0 Å². The predicted molar refractivity (Wildman–Crippen MR) is 86.9 cm³/mol. The normalized spacial score (nSPS) is 20.8. The fourth-order valence-electron chi connectivity index (χ4n) is 2.43. The van der Waals surface area contributed by atoms with Crippen LogP contribution in [0.3, 0.4) is 0 Å². The number of carbonyl (C=O) groups is 2. The highest BCUT2D eigenvalue weighted by molar-refractivity contribution is 5.81. The van der Waals surface area contributed by atoms with Crippen LogP contribution >= 0.6 is 0 Å². The molecule has 0 aliphatic carbocycles. The summed E-state index contributed by atoms with van der Waals surface area (Å²) in [6, 6.07) is -0.0771. The summed E-state index contributed by atoms with van der Waals surface area (Å²) in [5.74, 6) is -0.348. The van der Waals surface area contributed by atoms with Crippen LogP contribution in [0.25, 0.3) is 0 Å². The summed E-state index contributed by atoms with van der Waals surface area (Å²) >= 11 is 0. The third-order valence-electron chi connectivity index (χ3n) is 3.37. The number of rotatable bonds is 5. The van der Waals surface area contributed by atoms with Crippen LogP contribution in [-0.4, -0.2) is 47.5 Å². The van der Waals surface area contributed by atoms with Crippen LogP contribution in [0.4, 0.5) is 4.79 Å². The second-order valence-electron chi connectivity index (χ2n) is 6.99. The minimum absolute atomic E-state index is 0.0771. The van der Waals surface area contributed by atoms with Gasteiger partial charge >= 0.3 is 12.1 Å². The average molecular weight is 327 g/mol. The standard InChI is InChI=1S/C17H29NO5/c1-7-21-14(19)11-9-8-10-13-12-22-17(5,6)18(13)15(20)23-16(2,3)4/h9,11,13H,7-8,10,12H2,1-6H3/b11-9-/t13-/m1/s1. The van der Waals surface area contributed by atoms with Gasteiger partial charge in [-0.2, -0.15) is 0 Å². The van der Waals surface area contributed by atoms with E-state index in [2.05, 4.69) is 0 Å². The van der Waals surface area contributed by atoms with Crippen LogP contribution in [0, 0.1) is 0 Å². The molecule has 0 saturated carbocycles. The molecule has 1 heterocycles. The zero-order valence-electron chi connectivity index (χ0n) is 15.0. The number of amides is 1. The lowest BCUT2D eigenvalue weighted by Crippen LogP contribution is -2.49. The lowest BCUT2D eigenvalue weighted by atomic mass is 10.1. The van der Waals surface area contributed by atoms with Crippen molar-refractivity contribution in [2.75, 3.05) is 13.2 Å². The molecule has 1 amide bonds. The van der Waals surface area contributed by atoms with E-state index >= 15 is 0 Å². The van der Waals surface area contributed by atoms with E-state index in [1.165, 1.54) is 6.08 Å². The molecular weight excluding hydrogens is 298 g/mol. The summed E-state index contributed by atoms with van der Waals surface area (Å²) in [7, 11) is 0. The topological polar surface area (TPSA) is 65.1 Å². The molecule has 1 saturated heterocycles. The molecule has 0 unspecified atom stereocenters. The molecule has 1 fully saturated rings. The summed E-state index contributed by atoms with van der Waals surface area (Å²) < 4.78 is 16.0. The Balaban J connectivity index is 2.63. The van der Waals surface area contributed by atoms with Crippen LogP contribution in [0.15, 0.2) is 12.2 Å². The molecule has 0 radical (unpaired) electrons. The third kappa shape index (κ3) is 6.22. The Kier molecular flexibility index (Phi) is 6.62. The van der Waals surface area contributed by atoms with Crippen molar-refractivity contribution in [2.45, 2.75) is 71.8 Å². The summed E-state index contributed by atoms with van der Waals surface area (Å²) in [5.41, 5.74) is -1.25. The van der Waals surface area contributed by atoms with Gasteiger partial charge in [-0.15, -0.1) is 0 Å². The van der Waals surface area contributed by atoms with E-state index < -0.39 is 11.3 Å². The number of ether oxygens (including phenoxy) is 3. The quantitative estimate of drug-likeness (QED) is 0.573. The molecule has 0 spiro atoms. The molecule has 0 bridgehead atoms. The Morgan fingerprint density at radius 3 is 2.57 bits per heavy atom. The van der Waals surface area contributed by atoms with Crippen LogP contribution < -0.4 is 0 Å². The van der Waals surface area contributed by atoms with Crippen molar-refractivity contribution in [1.29, 1.82) is 0 Å². The lowest BCUT2D eigenvalue weighted by molar-refractivity contribution is -0.137. The van der Waals surface area contributed by atoms with Crippen molar-refractivity contribution >= 4 is 12.1 Å². The molecule has 6 nitrogen and oxygen atoms in total. The van der Waals surface area contributed by atoms with Crippen LogP contribution in [-0.2, 0) is 19.0 Å². The summed E-state index contributed by atoms with van der Waals surface area (Å²) in [5, 5.41) is 0. The number of hydrogen-bond acceptors (Lipinski definition) is 5. The van der Waals surface area contributed by atoms with E-state index in [1.54, 1.807) is 17.9 Å². The molecule has 1 aliphatic rings. The highest BCUT2D eigenvalue weighted by atomic mass is 16.6. The number of carbonyl (C=O) groups excluding carboxylic acids is 2. The van der Waals surface area contributed by atoms with Gasteiger partial charge in [0.2, 0.25) is 0 Å². The molecule has 6 heteroatoms. The van der Waals surface area contributed by atoms with Gasteiger partial charge in [-0.3, -0.25) is 4.90 Å². The van der Waals surface area contributed by atoms with Gasteiger partial charge in [-0.05, 0) is 54.4 Å². The Bertz CT molecular complexity index is 450. The van der Waals surface area contributed by atoms with Gasteiger partial charge in [0, 0.05) is 6.08 Å². The fourth-order valence-corrected chi connectivity index (χ4v) is 2.43. The van der Waals surface area contributed by atoms with Gasteiger partial charge in [0.05, 0.1) is 19.3 Å². The largest absolute Gasteiger partial charge is 0.463 e. The molecule has 1 rings (SSSR count). The van der Waals surface area contributed by atoms with Crippen LogP contribution in [0.1, 0.15) is 54.4 Å². The van der Waals surface area contributed by atoms with Gasteiger partial charge in [-0.1, -0.05) is 6.08 Å².